The highest BCUT2D eigenvalue weighted by molar-refractivity contribution is 8.93. The van der Waals surface area contributed by atoms with Gasteiger partial charge >= 0.3 is 0 Å². The van der Waals surface area contributed by atoms with E-state index < -0.39 is 0 Å². The average Bonchev–Trinajstić information content (AvgIpc) is 2.59. The van der Waals surface area contributed by atoms with Crippen LogP contribution in [0, 0.1) is 5.92 Å². The number of nitrogens with zero attached hydrogens (tertiary/aromatic N) is 2. The topological polar surface area (TPSA) is 29.9 Å². The molecular formula is C9H17Br2N3. The van der Waals surface area contributed by atoms with Crippen LogP contribution < -0.4 is 5.32 Å². The first kappa shape index (κ1) is 14.1. The summed E-state index contributed by atoms with van der Waals surface area (Å²) in [6.45, 7) is 3.50. The summed E-state index contributed by atoms with van der Waals surface area (Å²) in [5, 5.41) is 3.37. The van der Waals surface area contributed by atoms with Crippen molar-refractivity contribution in [1.29, 1.82) is 0 Å². The molecule has 1 aliphatic heterocycles. The number of piperidine rings is 1. The Morgan fingerprint density at radius 3 is 2.57 bits per heavy atom. The Balaban J connectivity index is 0.000000845. The zero-order chi connectivity index (χ0) is 8.23. The molecule has 0 bridgehead atoms. The van der Waals surface area contributed by atoms with Crippen molar-refractivity contribution in [3.63, 3.8) is 0 Å². The fraction of sp³-hybridized carbons (Fsp3) is 0.667. The Kier molecular flexibility index (Phi) is 7.49. The van der Waals surface area contributed by atoms with E-state index in [-0.39, 0.29) is 34.0 Å². The highest BCUT2D eigenvalue weighted by atomic mass is 79.9. The molecule has 0 atom stereocenters. The van der Waals surface area contributed by atoms with Crippen molar-refractivity contribution in [2.24, 2.45) is 5.92 Å². The van der Waals surface area contributed by atoms with Gasteiger partial charge in [0.1, 0.15) is 0 Å². The zero-order valence-electron chi connectivity index (χ0n) is 8.06. The van der Waals surface area contributed by atoms with Crippen molar-refractivity contribution in [1.82, 2.24) is 14.9 Å². The van der Waals surface area contributed by atoms with E-state index in [1.807, 2.05) is 18.7 Å². The van der Waals surface area contributed by atoms with Gasteiger partial charge in [0.05, 0.1) is 6.33 Å². The molecule has 1 N–H and O–H groups in total. The molecule has 1 saturated heterocycles. The molecule has 1 aliphatic rings. The second kappa shape index (κ2) is 7.43. The molecule has 1 aromatic heterocycles. The minimum atomic E-state index is 0. The summed E-state index contributed by atoms with van der Waals surface area (Å²) in [5.41, 5.74) is 0. The summed E-state index contributed by atoms with van der Waals surface area (Å²) in [5.74, 6) is 0.848. The minimum Gasteiger partial charge on any atom is -0.337 e. The highest BCUT2D eigenvalue weighted by Crippen LogP contribution is 2.13. The molecule has 0 radical (unpaired) electrons. The van der Waals surface area contributed by atoms with Crippen LogP contribution in [-0.2, 0) is 6.54 Å². The Bertz CT molecular complexity index is 220. The molecule has 82 valence electrons. The Morgan fingerprint density at radius 1 is 1.29 bits per heavy atom. The largest absolute Gasteiger partial charge is 0.337 e. The second-order valence-corrected chi connectivity index (χ2v) is 3.45. The molecule has 2 heterocycles. The molecule has 2 rings (SSSR count). The highest BCUT2D eigenvalue weighted by Gasteiger charge is 2.12. The lowest BCUT2D eigenvalue weighted by Crippen LogP contribution is -2.29. The van der Waals surface area contributed by atoms with Gasteiger partial charge in [0.15, 0.2) is 0 Å². The SMILES string of the molecule is Br.Br.c1cn(CC2CCNCC2)cn1. The smallest absolute Gasteiger partial charge is 0.0945 e. The first-order valence-corrected chi connectivity index (χ1v) is 4.61. The summed E-state index contributed by atoms with van der Waals surface area (Å²) in [6, 6.07) is 0. The van der Waals surface area contributed by atoms with Crippen molar-refractivity contribution < 1.29 is 0 Å². The standard InChI is InChI=1S/C9H15N3.2BrH/c1-3-10-4-2-9(1)7-12-6-5-11-8-12;;/h5-6,8-10H,1-4,7H2;2*1H. The number of halogens is 2. The molecule has 0 spiro atoms. The van der Waals surface area contributed by atoms with Gasteiger partial charge in [0, 0.05) is 18.9 Å². The maximum absolute atomic E-state index is 4.04. The molecule has 3 nitrogen and oxygen atoms in total. The van der Waals surface area contributed by atoms with Crippen molar-refractivity contribution in [2.45, 2.75) is 19.4 Å². The molecule has 1 aromatic rings. The molecule has 14 heavy (non-hydrogen) atoms. The van der Waals surface area contributed by atoms with Gasteiger partial charge in [-0.25, -0.2) is 4.98 Å². The fourth-order valence-corrected chi connectivity index (χ4v) is 1.76. The van der Waals surface area contributed by atoms with E-state index in [1.165, 1.54) is 25.9 Å². The van der Waals surface area contributed by atoms with E-state index in [0.29, 0.717) is 0 Å². The van der Waals surface area contributed by atoms with Crippen LogP contribution in [0.15, 0.2) is 18.7 Å². The van der Waals surface area contributed by atoms with E-state index >= 15 is 0 Å². The van der Waals surface area contributed by atoms with E-state index in [0.717, 1.165) is 12.5 Å². The van der Waals surface area contributed by atoms with Gasteiger partial charge in [-0.05, 0) is 31.8 Å². The minimum absolute atomic E-state index is 0. The van der Waals surface area contributed by atoms with Crippen molar-refractivity contribution in [2.75, 3.05) is 13.1 Å². The zero-order valence-corrected chi connectivity index (χ0v) is 11.5. The number of aromatic nitrogens is 2. The average molecular weight is 327 g/mol. The first-order valence-electron chi connectivity index (χ1n) is 4.61. The maximum atomic E-state index is 4.04. The van der Waals surface area contributed by atoms with Crippen LogP contribution in [0.2, 0.25) is 0 Å². The predicted octanol–water partition coefficient (Wildman–Crippen LogP) is 2.04. The fourth-order valence-electron chi connectivity index (χ4n) is 1.76. The second-order valence-electron chi connectivity index (χ2n) is 3.45. The first-order chi connectivity index (χ1) is 5.95. The number of nitrogens with one attached hydrogen (secondary N) is 1. The van der Waals surface area contributed by atoms with Crippen LogP contribution in [0.25, 0.3) is 0 Å². The van der Waals surface area contributed by atoms with Gasteiger partial charge in [-0.3, -0.25) is 0 Å². The van der Waals surface area contributed by atoms with Crippen LogP contribution in [0.5, 0.6) is 0 Å². The molecule has 0 aromatic carbocycles. The molecule has 0 aliphatic carbocycles. The lowest BCUT2D eigenvalue weighted by atomic mass is 9.98. The number of imidazole rings is 1. The number of hydrogen-bond acceptors (Lipinski definition) is 2. The van der Waals surface area contributed by atoms with Crippen LogP contribution in [-0.4, -0.2) is 22.6 Å². The Hall–Kier alpha value is 0.130. The van der Waals surface area contributed by atoms with Crippen molar-refractivity contribution in [3.05, 3.63) is 18.7 Å². The third kappa shape index (κ3) is 4.11. The van der Waals surface area contributed by atoms with E-state index in [9.17, 15) is 0 Å². The summed E-state index contributed by atoms with van der Waals surface area (Å²) >= 11 is 0. The molecule has 1 fully saturated rings. The summed E-state index contributed by atoms with van der Waals surface area (Å²) in [4.78, 5) is 4.04. The predicted molar refractivity (Wildman–Crippen MR) is 68.5 cm³/mol. The monoisotopic (exact) mass is 325 g/mol. The van der Waals surface area contributed by atoms with E-state index in [4.69, 9.17) is 0 Å². The van der Waals surface area contributed by atoms with Gasteiger partial charge in [0.2, 0.25) is 0 Å². The van der Waals surface area contributed by atoms with Crippen LogP contribution in [0.4, 0.5) is 0 Å². The lowest BCUT2D eigenvalue weighted by Gasteiger charge is -2.22. The summed E-state index contributed by atoms with van der Waals surface area (Å²) in [6.07, 6.45) is 8.40. The van der Waals surface area contributed by atoms with Crippen molar-refractivity contribution >= 4 is 34.0 Å². The molecule has 0 amide bonds. The van der Waals surface area contributed by atoms with Gasteiger partial charge < -0.3 is 9.88 Å². The van der Waals surface area contributed by atoms with Crippen LogP contribution in [0.3, 0.4) is 0 Å². The number of hydrogen-bond donors (Lipinski definition) is 1. The molecule has 0 unspecified atom stereocenters. The molecule has 5 heteroatoms. The van der Waals surface area contributed by atoms with Gasteiger partial charge in [0.25, 0.3) is 0 Å². The van der Waals surface area contributed by atoms with Crippen LogP contribution >= 0.6 is 34.0 Å². The van der Waals surface area contributed by atoms with Gasteiger partial charge in [-0.1, -0.05) is 0 Å². The van der Waals surface area contributed by atoms with E-state index in [2.05, 4.69) is 14.9 Å². The molecule has 0 saturated carbocycles. The quantitative estimate of drug-likeness (QED) is 0.901. The maximum Gasteiger partial charge on any atom is 0.0945 e. The third-order valence-corrected chi connectivity index (χ3v) is 2.49. The Morgan fingerprint density at radius 2 is 2.00 bits per heavy atom. The molecular weight excluding hydrogens is 310 g/mol. The summed E-state index contributed by atoms with van der Waals surface area (Å²) in [7, 11) is 0. The van der Waals surface area contributed by atoms with Gasteiger partial charge in [-0.2, -0.15) is 0 Å². The summed E-state index contributed by atoms with van der Waals surface area (Å²) < 4.78 is 2.18. The third-order valence-electron chi connectivity index (χ3n) is 2.49. The Labute approximate surface area is 106 Å². The van der Waals surface area contributed by atoms with Crippen LogP contribution in [0.1, 0.15) is 12.8 Å². The van der Waals surface area contributed by atoms with E-state index in [1.54, 1.807) is 0 Å². The lowest BCUT2D eigenvalue weighted by molar-refractivity contribution is 0.333. The van der Waals surface area contributed by atoms with Gasteiger partial charge in [-0.15, -0.1) is 34.0 Å². The normalized spacial score (nSPS) is 16.9. The number of rotatable bonds is 2. The van der Waals surface area contributed by atoms with Crippen molar-refractivity contribution in [3.8, 4) is 0 Å².